The summed E-state index contributed by atoms with van der Waals surface area (Å²) in [7, 11) is 0. The van der Waals surface area contributed by atoms with Crippen molar-refractivity contribution < 1.29 is 14.5 Å². The molecule has 0 amide bonds. The minimum Gasteiger partial charge on any atom is -0.423 e. The number of aromatic amines is 1. The Balaban J connectivity index is 1.23. The van der Waals surface area contributed by atoms with Crippen molar-refractivity contribution in [3.05, 3.63) is 83.1 Å². The van der Waals surface area contributed by atoms with Gasteiger partial charge in [0.1, 0.15) is 23.6 Å². The number of nitro groups is 1. The number of hydrogen-bond acceptors (Lipinski definition) is 10. The molecule has 3 heterocycles. The van der Waals surface area contributed by atoms with Crippen molar-refractivity contribution in [3.8, 4) is 17.1 Å². The molecular weight excluding hydrogens is 428 g/mol. The number of imidazole rings is 1. The third-order valence-corrected chi connectivity index (χ3v) is 4.40. The van der Waals surface area contributed by atoms with Gasteiger partial charge in [0.15, 0.2) is 0 Å². The Labute approximate surface area is 187 Å². The van der Waals surface area contributed by atoms with Gasteiger partial charge in [0.05, 0.1) is 10.5 Å². The Morgan fingerprint density at radius 2 is 1.73 bits per heavy atom. The topological polar surface area (TPSA) is 161 Å². The van der Waals surface area contributed by atoms with Gasteiger partial charge in [-0.05, 0) is 30.3 Å². The van der Waals surface area contributed by atoms with Gasteiger partial charge in [-0.15, -0.1) is 0 Å². The molecule has 3 aromatic heterocycles. The maximum Gasteiger partial charge on any atom is 0.346 e. The average Bonchev–Trinajstić information content (AvgIpc) is 3.38. The third kappa shape index (κ3) is 5.64. The van der Waals surface area contributed by atoms with Crippen molar-refractivity contribution in [1.82, 2.24) is 24.9 Å². The van der Waals surface area contributed by atoms with Gasteiger partial charge in [-0.2, -0.15) is 0 Å². The van der Waals surface area contributed by atoms with Gasteiger partial charge in [0, 0.05) is 49.5 Å². The molecule has 0 aliphatic carbocycles. The molecule has 12 heteroatoms. The van der Waals surface area contributed by atoms with Crippen LogP contribution in [0.15, 0.2) is 67.4 Å². The van der Waals surface area contributed by atoms with Crippen LogP contribution in [-0.4, -0.2) is 48.9 Å². The molecule has 4 aromatic rings. The lowest BCUT2D eigenvalue weighted by atomic mass is 10.2. The molecule has 4 rings (SSSR count). The first-order valence-electron chi connectivity index (χ1n) is 9.81. The van der Waals surface area contributed by atoms with Gasteiger partial charge in [0.2, 0.25) is 5.95 Å². The number of esters is 1. The van der Waals surface area contributed by atoms with Crippen molar-refractivity contribution in [2.75, 3.05) is 23.7 Å². The zero-order valence-electron chi connectivity index (χ0n) is 17.1. The number of aromatic nitrogens is 5. The van der Waals surface area contributed by atoms with Gasteiger partial charge in [-0.1, -0.05) is 0 Å². The maximum atomic E-state index is 12.3. The largest absolute Gasteiger partial charge is 0.423 e. The summed E-state index contributed by atoms with van der Waals surface area (Å²) in [5, 5.41) is 16.6. The number of nitrogens with zero attached hydrogens (tertiary/aromatic N) is 5. The number of carbonyl (C=O) groups is 1. The van der Waals surface area contributed by atoms with Crippen molar-refractivity contribution in [2.45, 2.75) is 0 Å². The van der Waals surface area contributed by atoms with E-state index in [4.69, 9.17) is 4.74 Å². The third-order valence-electron chi connectivity index (χ3n) is 4.40. The highest BCUT2D eigenvalue weighted by atomic mass is 16.6. The number of nitrogens with one attached hydrogen (secondary N) is 3. The van der Waals surface area contributed by atoms with Crippen LogP contribution in [0.5, 0.6) is 5.75 Å². The lowest BCUT2D eigenvalue weighted by Gasteiger charge is -2.08. The molecule has 0 saturated carbocycles. The first-order chi connectivity index (χ1) is 16.1. The summed E-state index contributed by atoms with van der Waals surface area (Å²) in [4.78, 5) is 41.8. The number of benzene rings is 1. The van der Waals surface area contributed by atoms with E-state index < -0.39 is 10.9 Å². The molecule has 0 atom stereocenters. The fourth-order valence-electron chi connectivity index (χ4n) is 2.76. The van der Waals surface area contributed by atoms with Crippen LogP contribution >= 0.6 is 0 Å². The number of H-pyrrole nitrogens is 1. The van der Waals surface area contributed by atoms with Crippen LogP contribution in [0.25, 0.3) is 11.4 Å². The Hall–Kier alpha value is -4.87. The number of carbonyl (C=O) groups excluding carboxylic acids is 1. The summed E-state index contributed by atoms with van der Waals surface area (Å²) in [6.45, 7) is 0.941. The van der Waals surface area contributed by atoms with E-state index in [1.165, 1.54) is 30.7 Å². The molecule has 1 aromatic carbocycles. The van der Waals surface area contributed by atoms with Crippen LogP contribution in [0, 0.1) is 10.1 Å². The van der Waals surface area contributed by atoms with Gasteiger partial charge in [-0.25, -0.2) is 24.7 Å². The van der Waals surface area contributed by atoms with Crippen LogP contribution < -0.4 is 15.4 Å². The Morgan fingerprint density at radius 3 is 2.36 bits per heavy atom. The van der Waals surface area contributed by atoms with E-state index >= 15 is 0 Å². The molecule has 12 nitrogen and oxygen atoms in total. The van der Waals surface area contributed by atoms with E-state index in [1.807, 2.05) is 0 Å². The molecule has 3 N–H and O–H groups in total. The van der Waals surface area contributed by atoms with E-state index in [0.29, 0.717) is 30.6 Å². The predicted octanol–water partition coefficient (Wildman–Crippen LogP) is 2.91. The van der Waals surface area contributed by atoms with Crippen molar-refractivity contribution in [1.29, 1.82) is 0 Å². The number of anilines is 2. The van der Waals surface area contributed by atoms with Crippen molar-refractivity contribution >= 4 is 23.4 Å². The number of rotatable bonds is 9. The quantitative estimate of drug-likeness (QED) is 0.115. The Bertz CT molecular complexity index is 1210. The minimum atomic E-state index is -0.571. The summed E-state index contributed by atoms with van der Waals surface area (Å²) in [6.07, 6.45) is 7.33. The lowest BCUT2D eigenvalue weighted by Crippen LogP contribution is -2.16. The molecule has 0 fully saturated rings. The second kappa shape index (κ2) is 9.96. The second-order valence-electron chi connectivity index (χ2n) is 6.66. The Kier molecular flexibility index (Phi) is 6.45. The van der Waals surface area contributed by atoms with Crippen LogP contribution in [0.3, 0.4) is 0 Å². The highest BCUT2D eigenvalue weighted by Crippen LogP contribution is 2.20. The first kappa shape index (κ1) is 21.4. The fourth-order valence-corrected chi connectivity index (χ4v) is 2.76. The van der Waals surface area contributed by atoms with Gasteiger partial charge < -0.3 is 20.4 Å². The fraction of sp³-hybridized carbons (Fsp3) is 0.0952. The Morgan fingerprint density at radius 1 is 0.970 bits per heavy atom. The highest BCUT2D eigenvalue weighted by Gasteiger charge is 2.11. The molecule has 0 unspecified atom stereocenters. The van der Waals surface area contributed by atoms with Crippen LogP contribution in [0.2, 0.25) is 0 Å². The normalized spacial score (nSPS) is 10.4. The summed E-state index contributed by atoms with van der Waals surface area (Å²) >= 11 is 0. The zero-order chi connectivity index (χ0) is 23.0. The average molecular weight is 446 g/mol. The van der Waals surface area contributed by atoms with E-state index in [0.717, 1.165) is 11.4 Å². The zero-order valence-corrected chi connectivity index (χ0v) is 17.1. The van der Waals surface area contributed by atoms with Crippen LogP contribution in [-0.2, 0) is 0 Å². The van der Waals surface area contributed by atoms with Gasteiger partial charge in [-0.3, -0.25) is 10.1 Å². The van der Waals surface area contributed by atoms with E-state index in [1.54, 1.807) is 36.7 Å². The van der Waals surface area contributed by atoms with Crippen molar-refractivity contribution in [2.24, 2.45) is 0 Å². The first-order valence-corrected chi connectivity index (χ1v) is 9.81. The second-order valence-corrected chi connectivity index (χ2v) is 6.66. The molecular formula is C21H18N8O4. The predicted molar refractivity (Wildman–Crippen MR) is 119 cm³/mol. The number of ether oxygens (including phenoxy) is 1. The molecule has 0 aliphatic rings. The van der Waals surface area contributed by atoms with Crippen LogP contribution in [0.1, 0.15) is 10.4 Å². The standard InChI is InChI=1S/C21H18N8O4/c30-20(33-17-4-1-14(2-5-17)19-23-8-9-24-19)15-11-27-21(28-12-15)25-10-7-22-18-6-3-16(13-26-18)29(31)32/h1-6,8-9,11-13H,7,10H2,(H,22,26)(H,23,24)(H,25,27,28). The van der Waals surface area contributed by atoms with E-state index in [2.05, 4.69) is 35.6 Å². The number of hydrogen-bond donors (Lipinski definition) is 3. The summed E-state index contributed by atoms with van der Waals surface area (Å²) in [6, 6.07) is 9.85. The molecule has 0 spiro atoms. The number of pyridine rings is 1. The summed E-state index contributed by atoms with van der Waals surface area (Å²) in [5.74, 6) is 1.40. The summed E-state index contributed by atoms with van der Waals surface area (Å²) in [5.41, 5.74) is 1.01. The van der Waals surface area contributed by atoms with Gasteiger partial charge in [0.25, 0.3) is 5.69 Å². The van der Waals surface area contributed by atoms with E-state index in [9.17, 15) is 14.9 Å². The molecule has 0 aliphatic heterocycles. The lowest BCUT2D eigenvalue weighted by molar-refractivity contribution is -0.385. The summed E-state index contributed by atoms with van der Waals surface area (Å²) < 4.78 is 5.35. The van der Waals surface area contributed by atoms with Gasteiger partial charge >= 0.3 is 5.97 Å². The molecule has 33 heavy (non-hydrogen) atoms. The molecule has 166 valence electrons. The minimum absolute atomic E-state index is 0.0726. The van der Waals surface area contributed by atoms with Crippen LogP contribution in [0.4, 0.5) is 17.5 Å². The van der Waals surface area contributed by atoms with Crippen molar-refractivity contribution in [3.63, 3.8) is 0 Å². The SMILES string of the molecule is O=C(Oc1ccc(-c2ncc[nH]2)cc1)c1cnc(NCCNc2ccc([N+](=O)[O-])cn2)nc1. The smallest absolute Gasteiger partial charge is 0.346 e. The monoisotopic (exact) mass is 446 g/mol. The van der Waals surface area contributed by atoms with E-state index in [-0.39, 0.29) is 11.3 Å². The molecule has 0 radical (unpaired) electrons. The highest BCUT2D eigenvalue weighted by molar-refractivity contribution is 5.90. The molecule has 0 saturated heterocycles. The maximum absolute atomic E-state index is 12.3. The molecule has 0 bridgehead atoms.